The molecule has 1 rings (SSSR count). The number of nitro groups is 1. The fraction of sp³-hybridized carbons (Fsp3) is 0.429. The first kappa shape index (κ1) is 10.2. The molecule has 1 heterocycles. The highest BCUT2D eigenvalue weighted by Gasteiger charge is 2.23. The Bertz CT molecular complexity index is 384. The third-order valence-electron chi connectivity index (χ3n) is 1.82. The Labute approximate surface area is 79.1 Å². The molecule has 0 amide bonds. The van der Waals surface area contributed by atoms with Gasteiger partial charge in [-0.15, -0.1) is 0 Å². The minimum Gasteiger partial charge on any atom is -0.480 e. The lowest BCUT2D eigenvalue weighted by Gasteiger charge is -1.99. The Morgan fingerprint density at radius 1 is 1.79 bits per heavy atom. The maximum absolute atomic E-state index is 10.6. The van der Waals surface area contributed by atoms with Gasteiger partial charge in [0.05, 0.1) is 16.9 Å². The molecule has 0 saturated heterocycles. The number of aliphatic carboxylic acids is 1. The van der Waals surface area contributed by atoms with Crippen LogP contribution in [0.2, 0.25) is 0 Å². The molecule has 0 saturated carbocycles. The molecule has 0 aliphatic carbocycles. The first-order valence-corrected chi connectivity index (χ1v) is 3.86. The molecule has 14 heavy (non-hydrogen) atoms. The van der Waals surface area contributed by atoms with Crippen LogP contribution in [0.1, 0.15) is 18.5 Å². The zero-order valence-corrected chi connectivity index (χ0v) is 7.67. The summed E-state index contributed by atoms with van der Waals surface area (Å²) < 4.78 is 1.07. The molecule has 0 aromatic carbocycles. The van der Waals surface area contributed by atoms with Gasteiger partial charge in [0.25, 0.3) is 0 Å². The Morgan fingerprint density at radius 2 is 2.36 bits per heavy atom. The maximum Gasteiger partial charge on any atom is 0.392 e. The highest BCUT2D eigenvalue weighted by atomic mass is 16.6. The van der Waals surface area contributed by atoms with Gasteiger partial charge in [0.15, 0.2) is 6.04 Å². The fourth-order valence-electron chi connectivity index (χ4n) is 0.965. The average molecular weight is 199 g/mol. The fourth-order valence-corrected chi connectivity index (χ4v) is 0.965. The van der Waals surface area contributed by atoms with Gasteiger partial charge in [0, 0.05) is 0 Å². The van der Waals surface area contributed by atoms with Crippen molar-refractivity contribution < 1.29 is 14.8 Å². The van der Waals surface area contributed by atoms with Crippen molar-refractivity contribution in [3.63, 3.8) is 0 Å². The van der Waals surface area contributed by atoms with Gasteiger partial charge in [-0.1, -0.05) is 0 Å². The monoisotopic (exact) mass is 199 g/mol. The minimum atomic E-state index is -1.08. The first-order valence-electron chi connectivity index (χ1n) is 3.86. The summed E-state index contributed by atoms with van der Waals surface area (Å²) >= 11 is 0. The molecular weight excluding hydrogens is 190 g/mol. The van der Waals surface area contributed by atoms with E-state index >= 15 is 0 Å². The summed E-state index contributed by atoms with van der Waals surface area (Å²) in [6.07, 6.45) is 1.34. The lowest BCUT2D eigenvalue weighted by molar-refractivity contribution is -0.390. The molecule has 1 atom stereocenters. The van der Waals surface area contributed by atoms with Crippen molar-refractivity contribution in [2.75, 3.05) is 0 Å². The van der Waals surface area contributed by atoms with Crippen LogP contribution >= 0.6 is 0 Å². The third kappa shape index (κ3) is 1.70. The van der Waals surface area contributed by atoms with Crippen LogP contribution < -0.4 is 0 Å². The minimum absolute atomic E-state index is 0.307. The van der Waals surface area contributed by atoms with Crippen LogP contribution in [0.3, 0.4) is 0 Å². The second-order valence-corrected chi connectivity index (χ2v) is 2.89. The lowest BCUT2D eigenvalue weighted by atomic mass is 10.3. The van der Waals surface area contributed by atoms with E-state index in [1.165, 1.54) is 20.0 Å². The topological polar surface area (TPSA) is 98.3 Å². The number of carbonyl (C=O) groups is 1. The summed E-state index contributed by atoms with van der Waals surface area (Å²) in [5, 5.41) is 22.6. The van der Waals surface area contributed by atoms with E-state index < -0.39 is 16.9 Å². The lowest BCUT2D eigenvalue weighted by Crippen LogP contribution is -2.16. The molecule has 0 unspecified atom stereocenters. The van der Waals surface area contributed by atoms with Crippen LogP contribution in [0.15, 0.2) is 6.20 Å². The number of nitrogens with zero attached hydrogens (tertiary/aromatic N) is 3. The molecule has 0 aliphatic rings. The van der Waals surface area contributed by atoms with Gasteiger partial charge in [-0.3, -0.25) is 0 Å². The van der Waals surface area contributed by atoms with Crippen molar-refractivity contribution in [1.82, 2.24) is 9.78 Å². The molecule has 1 N–H and O–H groups in total. The standard InChI is InChI=1S/C7H9N3O4/c1-4-3-9(5(2)7(11)12)8-6(4)10(13)14/h3,5H,1-2H3,(H,11,12)/t5-/m1/s1. The van der Waals surface area contributed by atoms with Crippen LogP contribution in [0.25, 0.3) is 0 Å². The van der Waals surface area contributed by atoms with E-state index in [4.69, 9.17) is 5.11 Å². The summed E-state index contributed by atoms with van der Waals surface area (Å²) in [5.41, 5.74) is 0.350. The van der Waals surface area contributed by atoms with Crippen molar-refractivity contribution in [2.24, 2.45) is 0 Å². The molecule has 1 aromatic rings. The Hall–Kier alpha value is -1.92. The maximum atomic E-state index is 10.6. The third-order valence-corrected chi connectivity index (χ3v) is 1.82. The molecule has 0 bridgehead atoms. The normalized spacial score (nSPS) is 12.4. The molecular formula is C7H9N3O4. The molecule has 76 valence electrons. The summed E-state index contributed by atoms with van der Waals surface area (Å²) in [6, 6.07) is -0.901. The van der Waals surface area contributed by atoms with E-state index in [0.29, 0.717) is 5.56 Å². The summed E-state index contributed by atoms with van der Waals surface area (Å²) in [4.78, 5) is 20.3. The SMILES string of the molecule is Cc1cn([C@H](C)C(=O)O)nc1[N+](=O)[O-]. The highest BCUT2D eigenvalue weighted by molar-refractivity contribution is 5.71. The molecule has 0 radical (unpaired) electrons. The number of carboxylic acids is 1. The van der Waals surface area contributed by atoms with Gasteiger partial charge in [0.2, 0.25) is 0 Å². The van der Waals surface area contributed by atoms with Crippen LogP contribution in [0.5, 0.6) is 0 Å². The van der Waals surface area contributed by atoms with Crippen LogP contribution in [-0.4, -0.2) is 25.8 Å². The number of aryl methyl sites for hydroxylation is 1. The number of rotatable bonds is 3. The first-order chi connectivity index (χ1) is 6.43. The van der Waals surface area contributed by atoms with Gasteiger partial charge >= 0.3 is 11.8 Å². The Kier molecular flexibility index (Phi) is 2.50. The Morgan fingerprint density at radius 3 is 2.71 bits per heavy atom. The summed E-state index contributed by atoms with van der Waals surface area (Å²) in [6.45, 7) is 2.91. The van der Waals surface area contributed by atoms with Crippen molar-refractivity contribution in [3.05, 3.63) is 21.9 Å². The van der Waals surface area contributed by atoms with Gasteiger partial charge in [-0.25, -0.2) is 4.79 Å². The predicted octanol–water partition coefficient (Wildman–Crippen LogP) is 0.745. The molecule has 0 aliphatic heterocycles. The number of carboxylic acid groups (broad SMARTS) is 1. The van der Waals surface area contributed by atoms with Crippen molar-refractivity contribution >= 4 is 11.8 Å². The van der Waals surface area contributed by atoms with E-state index in [0.717, 1.165) is 4.68 Å². The van der Waals surface area contributed by atoms with E-state index in [9.17, 15) is 14.9 Å². The van der Waals surface area contributed by atoms with Gasteiger partial charge < -0.3 is 15.2 Å². The van der Waals surface area contributed by atoms with Crippen LogP contribution in [0, 0.1) is 17.0 Å². The number of aromatic nitrogens is 2. The van der Waals surface area contributed by atoms with E-state index in [1.54, 1.807) is 0 Å². The second-order valence-electron chi connectivity index (χ2n) is 2.89. The molecule has 1 aromatic heterocycles. The smallest absolute Gasteiger partial charge is 0.392 e. The highest BCUT2D eigenvalue weighted by Crippen LogP contribution is 2.16. The van der Waals surface area contributed by atoms with Gasteiger partial charge in [-0.05, 0) is 18.8 Å². The van der Waals surface area contributed by atoms with Crippen molar-refractivity contribution in [1.29, 1.82) is 0 Å². The molecule has 0 fully saturated rings. The summed E-state index contributed by atoms with van der Waals surface area (Å²) in [7, 11) is 0. The van der Waals surface area contributed by atoms with Crippen molar-refractivity contribution in [2.45, 2.75) is 19.9 Å². The predicted molar refractivity (Wildman–Crippen MR) is 46.0 cm³/mol. The molecule has 7 heteroatoms. The van der Waals surface area contributed by atoms with E-state index in [2.05, 4.69) is 5.10 Å². The van der Waals surface area contributed by atoms with Gasteiger partial charge in [0.1, 0.15) is 0 Å². The number of hydrogen-bond acceptors (Lipinski definition) is 4. The van der Waals surface area contributed by atoms with Crippen LogP contribution in [0.4, 0.5) is 5.82 Å². The van der Waals surface area contributed by atoms with E-state index in [-0.39, 0.29) is 5.82 Å². The molecule has 7 nitrogen and oxygen atoms in total. The van der Waals surface area contributed by atoms with Gasteiger partial charge in [-0.2, -0.15) is 4.68 Å². The van der Waals surface area contributed by atoms with Crippen LogP contribution in [-0.2, 0) is 4.79 Å². The quantitative estimate of drug-likeness (QED) is 0.571. The zero-order valence-electron chi connectivity index (χ0n) is 7.67. The average Bonchev–Trinajstić information content (AvgIpc) is 2.45. The Balaban J connectivity index is 3.08. The number of hydrogen-bond donors (Lipinski definition) is 1. The largest absolute Gasteiger partial charge is 0.480 e. The molecule has 0 spiro atoms. The zero-order chi connectivity index (χ0) is 10.9. The summed E-state index contributed by atoms with van der Waals surface area (Å²) in [5.74, 6) is -1.39. The van der Waals surface area contributed by atoms with E-state index in [1.807, 2.05) is 0 Å². The second kappa shape index (κ2) is 3.44. The van der Waals surface area contributed by atoms with Crippen molar-refractivity contribution in [3.8, 4) is 0 Å².